The molecule has 1 saturated heterocycles. The average Bonchev–Trinajstić information content (AvgIpc) is 2.32. The molecular weight excluding hydrogens is 290 g/mol. The largest absolute Gasteiger partial charge is 0.310 e. The SMILES string of the molecule is CN1CCNC(C(c2ccccc2Br)N(C)C)C1. The van der Waals surface area contributed by atoms with Gasteiger partial charge in [0, 0.05) is 30.1 Å². The van der Waals surface area contributed by atoms with Gasteiger partial charge in [0.1, 0.15) is 0 Å². The molecule has 1 aromatic carbocycles. The third kappa shape index (κ3) is 3.12. The average molecular weight is 312 g/mol. The Bertz CT molecular complexity index is 394. The number of benzene rings is 1. The second-order valence-electron chi connectivity index (χ2n) is 5.25. The van der Waals surface area contributed by atoms with Crippen LogP contribution in [0.25, 0.3) is 0 Å². The van der Waals surface area contributed by atoms with Gasteiger partial charge in [-0.1, -0.05) is 34.1 Å². The van der Waals surface area contributed by atoms with Crippen molar-refractivity contribution in [2.75, 3.05) is 40.8 Å². The Morgan fingerprint density at radius 3 is 2.72 bits per heavy atom. The lowest BCUT2D eigenvalue weighted by molar-refractivity contribution is 0.154. The summed E-state index contributed by atoms with van der Waals surface area (Å²) in [6.07, 6.45) is 0. The lowest BCUT2D eigenvalue weighted by Gasteiger charge is -2.39. The summed E-state index contributed by atoms with van der Waals surface area (Å²) in [7, 11) is 6.50. The maximum Gasteiger partial charge on any atom is 0.0519 e. The first-order chi connectivity index (χ1) is 8.59. The maximum atomic E-state index is 3.68. The lowest BCUT2D eigenvalue weighted by atomic mass is 9.96. The molecule has 0 radical (unpaired) electrons. The summed E-state index contributed by atoms with van der Waals surface area (Å²) in [4.78, 5) is 4.70. The zero-order valence-corrected chi connectivity index (χ0v) is 12.9. The molecule has 0 aromatic heterocycles. The molecule has 0 bridgehead atoms. The first kappa shape index (κ1) is 14.0. The van der Waals surface area contributed by atoms with Crippen LogP contribution < -0.4 is 5.32 Å². The smallest absolute Gasteiger partial charge is 0.0519 e. The van der Waals surface area contributed by atoms with Crippen molar-refractivity contribution in [3.8, 4) is 0 Å². The second kappa shape index (κ2) is 6.15. The summed E-state index contributed by atoms with van der Waals surface area (Å²) in [6.45, 7) is 3.28. The van der Waals surface area contributed by atoms with E-state index in [0.29, 0.717) is 12.1 Å². The molecule has 1 heterocycles. The molecule has 2 unspecified atom stereocenters. The van der Waals surface area contributed by atoms with Gasteiger partial charge in [0.2, 0.25) is 0 Å². The normalized spacial score (nSPS) is 23.3. The molecule has 1 fully saturated rings. The number of nitrogens with zero attached hydrogens (tertiary/aromatic N) is 2. The van der Waals surface area contributed by atoms with Gasteiger partial charge in [-0.25, -0.2) is 0 Å². The van der Waals surface area contributed by atoms with Crippen molar-refractivity contribution in [1.82, 2.24) is 15.1 Å². The summed E-state index contributed by atoms with van der Waals surface area (Å²) in [6, 6.07) is 9.38. The van der Waals surface area contributed by atoms with Crippen LogP contribution in [-0.4, -0.2) is 56.6 Å². The molecule has 0 aliphatic carbocycles. The van der Waals surface area contributed by atoms with E-state index in [1.54, 1.807) is 0 Å². The summed E-state index contributed by atoms with van der Waals surface area (Å²) >= 11 is 3.68. The molecule has 2 rings (SSSR count). The maximum absolute atomic E-state index is 3.68. The van der Waals surface area contributed by atoms with Crippen molar-refractivity contribution in [3.05, 3.63) is 34.3 Å². The summed E-state index contributed by atoms with van der Waals surface area (Å²) < 4.78 is 1.19. The number of piperazine rings is 1. The number of likely N-dealkylation sites (N-methyl/N-ethyl adjacent to an activating group) is 2. The quantitative estimate of drug-likeness (QED) is 0.920. The van der Waals surface area contributed by atoms with Crippen molar-refractivity contribution in [3.63, 3.8) is 0 Å². The summed E-state index contributed by atoms with van der Waals surface area (Å²) in [5.74, 6) is 0. The summed E-state index contributed by atoms with van der Waals surface area (Å²) in [5, 5.41) is 3.65. The van der Waals surface area contributed by atoms with Crippen LogP contribution in [0.5, 0.6) is 0 Å². The van der Waals surface area contributed by atoms with E-state index < -0.39 is 0 Å². The van der Waals surface area contributed by atoms with E-state index in [-0.39, 0.29) is 0 Å². The van der Waals surface area contributed by atoms with E-state index >= 15 is 0 Å². The van der Waals surface area contributed by atoms with Crippen molar-refractivity contribution >= 4 is 15.9 Å². The summed E-state index contributed by atoms with van der Waals surface area (Å²) in [5.41, 5.74) is 1.36. The topological polar surface area (TPSA) is 18.5 Å². The number of nitrogens with one attached hydrogen (secondary N) is 1. The molecule has 1 N–H and O–H groups in total. The Balaban J connectivity index is 2.26. The molecule has 18 heavy (non-hydrogen) atoms. The van der Waals surface area contributed by atoms with Crippen LogP contribution in [0.4, 0.5) is 0 Å². The molecule has 0 spiro atoms. The zero-order valence-electron chi connectivity index (χ0n) is 11.4. The Kier molecular flexibility index (Phi) is 4.78. The van der Waals surface area contributed by atoms with E-state index in [0.717, 1.165) is 19.6 Å². The Morgan fingerprint density at radius 2 is 2.11 bits per heavy atom. The molecule has 4 heteroatoms. The minimum absolute atomic E-state index is 0.392. The van der Waals surface area contributed by atoms with Crippen LogP contribution in [0.15, 0.2) is 28.7 Å². The molecule has 0 amide bonds. The van der Waals surface area contributed by atoms with Gasteiger partial charge in [0.15, 0.2) is 0 Å². The second-order valence-corrected chi connectivity index (χ2v) is 6.11. The first-order valence-electron chi connectivity index (χ1n) is 6.42. The van der Waals surface area contributed by atoms with E-state index in [4.69, 9.17) is 0 Å². The van der Waals surface area contributed by atoms with Crippen LogP contribution in [-0.2, 0) is 0 Å². The van der Waals surface area contributed by atoms with E-state index in [9.17, 15) is 0 Å². The predicted molar refractivity (Wildman–Crippen MR) is 79.9 cm³/mol. The first-order valence-corrected chi connectivity index (χ1v) is 7.21. The van der Waals surface area contributed by atoms with Gasteiger partial charge in [-0.3, -0.25) is 0 Å². The third-order valence-corrected chi connectivity index (χ3v) is 4.29. The molecule has 3 nitrogen and oxygen atoms in total. The Morgan fingerprint density at radius 1 is 1.39 bits per heavy atom. The number of hydrogen-bond donors (Lipinski definition) is 1. The number of halogens is 1. The number of rotatable bonds is 3. The van der Waals surface area contributed by atoms with Crippen LogP contribution in [0, 0.1) is 0 Å². The van der Waals surface area contributed by atoms with Crippen molar-refractivity contribution in [1.29, 1.82) is 0 Å². The van der Waals surface area contributed by atoms with E-state index in [1.807, 2.05) is 0 Å². The van der Waals surface area contributed by atoms with E-state index in [2.05, 4.69) is 76.5 Å². The minimum Gasteiger partial charge on any atom is -0.310 e. The van der Waals surface area contributed by atoms with E-state index in [1.165, 1.54) is 10.0 Å². The Labute approximate surface area is 118 Å². The van der Waals surface area contributed by atoms with Gasteiger partial charge >= 0.3 is 0 Å². The molecule has 1 aliphatic heterocycles. The fraction of sp³-hybridized carbons (Fsp3) is 0.571. The molecule has 1 aromatic rings. The molecule has 0 saturated carbocycles. The monoisotopic (exact) mass is 311 g/mol. The van der Waals surface area contributed by atoms with Gasteiger partial charge in [0.05, 0.1) is 6.04 Å². The van der Waals surface area contributed by atoms with Crippen LogP contribution in [0.2, 0.25) is 0 Å². The van der Waals surface area contributed by atoms with Crippen LogP contribution in [0.3, 0.4) is 0 Å². The fourth-order valence-corrected chi connectivity index (χ4v) is 3.23. The number of hydrogen-bond acceptors (Lipinski definition) is 3. The highest BCUT2D eigenvalue weighted by molar-refractivity contribution is 9.10. The standard InChI is InChI=1S/C14H22BrN3/c1-17(2)14(11-6-4-5-7-12(11)15)13-10-18(3)9-8-16-13/h4-7,13-14,16H,8-10H2,1-3H3. The van der Waals surface area contributed by atoms with Gasteiger partial charge in [-0.05, 0) is 32.8 Å². The molecule has 1 aliphatic rings. The van der Waals surface area contributed by atoms with Crippen molar-refractivity contribution in [2.45, 2.75) is 12.1 Å². The lowest BCUT2D eigenvalue weighted by Crippen LogP contribution is -2.54. The highest BCUT2D eigenvalue weighted by Gasteiger charge is 2.29. The molecular formula is C14H22BrN3. The fourth-order valence-electron chi connectivity index (χ4n) is 2.71. The van der Waals surface area contributed by atoms with Crippen LogP contribution >= 0.6 is 15.9 Å². The Hall–Kier alpha value is -0.420. The van der Waals surface area contributed by atoms with Gasteiger partial charge in [-0.2, -0.15) is 0 Å². The highest BCUT2D eigenvalue weighted by atomic mass is 79.9. The van der Waals surface area contributed by atoms with Crippen molar-refractivity contribution < 1.29 is 0 Å². The van der Waals surface area contributed by atoms with Crippen molar-refractivity contribution in [2.24, 2.45) is 0 Å². The zero-order chi connectivity index (χ0) is 13.1. The molecule has 2 atom stereocenters. The predicted octanol–water partition coefficient (Wildman–Crippen LogP) is 1.96. The highest BCUT2D eigenvalue weighted by Crippen LogP contribution is 2.29. The molecule has 100 valence electrons. The third-order valence-electron chi connectivity index (χ3n) is 3.57. The van der Waals surface area contributed by atoms with Gasteiger partial charge < -0.3 is 15.1 Å². The van der Waals surface area contributed by atoms with Gasteiger partial charge in [-0.15, -0.1) is 0 Å². The van der Waals surface area contributed by atoms with Crippen LogP contribution in [0.1, 0.15) is 11.6 Å². The van der Waals surface area contributed by atoms with Gasteiger partial charge in [0.25, 0.3) is 0 Å². The minimum atomic E-state index is 0.392.